The summed E-state index contributed by atoms with van der Waals surface area (Å²) < 4.78 is 11.4. The van der Waals surface area contributed by atoms with Crippen LogP contribution in [0.1, 0.15) is 26.7 Å². The first-order chi connectivity index (χ1) is 5.98. The van der Waals surface area contributed by atoms with Crippen LogP contribution in [0, 0.1) is 0 Å². The zero-order chi connectivity index (χ0) is 9.64. The molecular formula is C9H18N2O2. The summed E-state index contributed by atoms with van der Waals surface area (Å²) in [5.74, 6) is -0.459. The van der Waals surface area contributed by atoms with Crippen molar-refractivity contribution in [2.45, 2.75) is 56.8 Å². The average molecular weight is 186 g/mol. The SMILES string of the molecule is CC1(C)O[C@@H]2C[C@H](N)[C@@H](N)C[C@H]2O1. The minimum absolute atomic E-state index is 0.0544. The number of ether oxygens (including phenoxy) is 2. The van der Waals surface area contributed by atoms with Gasteiger partial charge in [-0.2, -0.15) is 0 Å². The standard InChI is InChI=1S/C9H18N2O2/c1-9(2)12-7-3-5(10)6(11)4-8(7)13-9/h5-8H,3-4,10-11H2,1-2H3/t5-,6-,7+,8+/m0/s1. The highest BCUT2D eigenvalue weighted by Crippen LogP contribution is 2.35. The third-order valence-corrected chi connectivity index (χ3v) is 2.84. The zero-order valence-corrected chi connectivity index (χ0v) is 8.19. The van der Waals surface area contributed by atoms with E-state index in [9.17, 15) is 0 Å². The maximum absolute atomic E-state index is 5.86. The molecule has 0 amide bonds. The second kappa shape index (κ2) is 2.92. The topological polar surface area (TPSA) is 70.5 Å². The quantitative estimate of drug-likeness (QED) is 0.556. The maximum Gasteiger partial charge on any atom is 0.163 e. The van der Waals surface area contributed by atoms with Crippen LogP contribution in [0.2, 0.25) is 0 Å². The summed E-state index contributed by atoms with van der Waals surface area (Å²) in [6.45, 7) is 3.87. The van der Waals surface area contributed by atoms with Gasteiger partial charge in [-0.15, -0.1) is 0 Å². The van der Waals surface area contributed by atoms with Crippen molar-refractivity contribution in [1.29, 1.82) is 0 Å². The maximum atomic E-state index is 5.86. The average Bonchev–Trinajstić information content (AvgIpc) is 2.24. The molecule has 2 rings (SSSR count). The van der Waals surface area contributed by atoms with E-state index in [2.05, 4.69) is 0 Å². The molecule has 0 unspecified atom stereocenters. The normalized spacial score (nSPS) is 48.9. The lowest BCUT2D eigenvalue weighted by Crippen LogP contribution is -2.52. The van der Waals surface area contributed by atoms with E-state index in [0.717, 1.165) is 12.8 Å². The molecule has 1 heterocycles. The summed E-state index contributed by atoms with van der Waals surface area (Å²) in [5.41, 5.74) is 11.7. The molecule has 2 fully saturated rings. The molecule has 0 aromatic heterocycles. The van der Waals surface area contributed by atoms with E-state index in [-0.39, 0.29) is 24.3 Å². The molecule has 4 heteroatoms. The minimum atomic E-state index is -0.459. The van der Waals surface area contributed by atoms with Crippen LogP contribution >= 0.6 is 0 Å². The Hall–Kier alpha value is -0.160. The van der Waals surface area contributed by atoms with Crippen LogP contribution in [0.5, 0.6) is 0 Å². The summed E-state index contributed by atoms with van der Waals surface area (Å²) in [6.07, 6.45) is 1.92. The van der Waals surface area contributed by atoms with Gasteiger partial charge in [0.2, 0.25) is 0 Å². The molecule has 4 nitrogen and oxygen atoms in total. The fourth-order valence-corrected chi connectivity index (χ4v) is 2.19. The van der Waals surface area contributed by atoms with Gasteiger partial charge in [-0.1, -0.05) is 0 Å². The Kier molecular flexibility index (Phi) is 2.11. The van der Waals surface area contributed by atoms with Crippen LogP contribution in [0.3, 0.4) is 0 Å². The predicted octanol–water partition coefficient (Wildman–Crippen LogP) is -0.0451. The Morgan fingerprint density at radius 2 is 1.38 bits per heavy atom. The van der Waals surface area contributed by atoms with Crippen molar-refractivity contribution in [2.75, 3.05) is 0 Å². The molecule has 1 aliphatic heterocycles. The lowest BCUT2D eigenvalue weighted by molar-refractivity contribution is -0.145. The predicted molar refractivity (Wildman–Crippen MR) is 49.0 cm³/mol. The van der Waals surface area contributed by atoms with Crippen molar-refractivity contribution < 1.29 is 9.47 Å². The van der Waals surface area contributed by atoms with E-state index in [1.807, 2.05) is 13.8 Å². The van der Waals surface area contributed by atoms with E-state index >= 15 is 0 Å². The van der Waals surface area contributed by atoms with Gasteiger partial charge < -0.3 is 20.9 Å². The Morgan fingerprint density at radius 3 is 1.77 bits per heavy atom. The third kappa shape index (κ3) is 1.72. The van der Waals surface area contributed by atoms with Gasteiger partial charge >= 0.3 is 0 Å². The van der Waals surface area contributed by atoms with Gasteiger partial charge in [0.25, 0.3) is 0 Å². The van der Waals surface area contributed by atoms with Crippen LogP contribution in [0.15, 0.2) is 0 Å². The molecule has 0 spiro atoms. The second-order valence-electron chi connectivity index (χ2n) is 4.51. The summed E-state index contributed by atoms with van der Waals surface area (Å²) in [6, 6.07) is 0.109. The molecule has 0 radical (unpaired) electrons. The van der Waals surface area contributed by atoms with Crippen molar-refractivity contribution in [2.24, 2.45) is 11.5 Å². The zero-order valence-electron chi connectivity index (χ0n) is 8.19. The van der Waals surface area contributed by atoms with Crippen molar-refractivity contribution in [3.05, 3.63) is 0 Å². The monoisotopic (exact) mass is 186 g/mol. The number of nitrogens with two attached hydrogens (primary N) is 2. The van der Waals surface area contributed by atoms with Gasteiger partial charge in [-0.25, -0.2) is 0 Å². The van der Waals surface area contributed by atoms with Gasteiger partial charge in [0, 0.05) is 12.1 Å². The molecule has 0 aromatic rings. The lowest BCUT2D eigenvalue weighted by Gasteiger charge is -2.32. The Balaban J connectivity index is 2.05. The van der Waals surface area contributed by atoms with Gasteiger partial charge in [-0.3, -0.25) is 0 Å². The molecule has 2 aliphatic rings. The van der Waals surface area contributed by atoms with Gasteiger partial charge in [0.15, 0.2) is 5.79 Å². The second-order valence-corrected chi connectivity index (χ2v) is 4.51. The number of hydrogen-bond acceptors (Lipinski definition) is 4. The molecule has 4 atom stereocenters. The van der Waals surface area contributed by atoms with Crippen LogP contribution < -0.4 is 11.5 Å². The first-order valence-electron chi connectivity index (χ1n) is 4.85. The summed E-state index contributed by atoms with van der Waals surface area (Å²) in [4.78, 5) is 0. The lowest BCUT2D eigenvalue weighted by atomic mass is 9.87. The fourth-order valence-electron chi connectivity index (χ4n) is 2.19. The molecule has 0 aromatic carbocycles. The van der Waals surface area contributed by atoms with Crippen molar-refractivity contribution in [3.63, 3.8) is 0 Å². The van der Waals surface area contributed by atoms with Gasteiger partial charge in [-0.05, 0) is 26.7 Å². The molecule has 0 bridgehead atoms. The molecular weight excluding hydrogens is 168 g/mol. The highest BCUT2D eigenvalue weighted by atomic mass is 16.7. The molecule has 1 aliphatic carbocycles. The van der Waals surface area contributed by atoms with Crippen LogP contribution in [0.4, 0.5) is 0 Å². The summed E-state index contributed by atoms with van der Waals surface area (Å²) >= 11 is 0. The van der Waals surface area contributed by atoms with Gasteiger partial charge in [0.05, 0.1) is 12.2 Å². The van der Waals surface area contributed by atoms with E-state index in [0.29, 0.717) is 0 Å². The summed E-state index contributed by atoms with van der Waals surface area (Å²) in [5, 5.41) is 0. The number of rotatable bonds is 0. The molecule has 4 N–H and O–H groups in total. The van der Waals surface area contributed by atoms with E-state index in [1.54, 1.807) is 0 Å². The fraction of sp³-hybridized carbons (Fsp3) is 1.00. The van der Waals surface area contributed by atoms with Crippen molar-refractivity contribution in [3.8, 4) is 0 Å². The smallest absolute Gasteiger partial charge is 0.163 e. The minimum Gasteiger partial charge on any atom is -0.345 e. The Morgan fingerprint density at radius 1 is 1.00 bits per heavy atom. The van der Waals surface area contributed by atoms with Crippen molar-refractivity contribution >= 4 is 0 Å². The van der Waals surface area contributed by atoms with Crippen LogP contribution in [0.25, 0.3) is 0 Å². The first kappa shape index (κ1) is 9.40. The Bertz CT molecular complexity index is 188. The Labute approximate surface area is 78.6 Å². The largest absolute Gasteiger partial charge is 0.345 e. The van der Waals surface area contributed by atoms with Gasteiger partial charge in [0.1, 0.15) is 0 Å². The molecule has 76 valence electrons. The van der Waals surface area contributed by atoms with Crippen LogP contribution in [-0.4, -0.2) is 30.1 Å². The summed E-state index contributed by atoms with van der Waals surface area (Å²) in [7, 11) is 0. The molecule has 1 saturated carbocycles. The third-order valence-electron chi connectivity index (χ3n) is 2.84. The van der Waals surface area contributed by atoms with Crippen LogP contribution in [-0.2, 0) is 9.47 Å². The van der Waals surface area contributed by atoms with Crippen molar-refractivity contribution in [1.82, 2.24) is 0 Å². The van der Waals surface area contributed by atoms with E-state index < -0.39 is 5.79 Å². The highest BCUT2D eigenvalue weighted by Gasteiger charge is 2.45. The van der Waals surface area contributed by atoms with E-state index in [1.165, 1.54) is 0 Å². The highest BCUT2D eigenvalue weighted by molar-refractivity contribution is 4.95. The number of fused-ring (bicyclic) bond motifs is 1. The van der Waals surface area contributed by atoms with E-state index in [4.69, 9.17) is 20.9 Å². The molecule has 1 saturated heterocycles. The first-order valence-corrected chi connectivity index (χ1v) is 4.85. The molecule has 13 heavy (non-hydrogen) atoms. The number of hydrogen-bond donors (Lipinski definition) is 2.